The second-order valence-corrected chi connectivity index (χ2v) is 6.51. The van der Waals surface area contributed by atoms with Crippen molar-refractivity contribution >= 4 is 15.5 Å². The predicted molar refractivity (Wildman–Crippen MR) is 82.9 cm³/mol. The van der Waals surface area contributed by atoms with Gasteiger partial charge in [0, 0.05) is 6.54 Å². The first-order valence-corrected chi connectivity index (χ1v) is 8.51. The van der Waals surface area contributed by atoms with Gasteiger partial charge in [-0.25, -0.2) is 8.42 Å². The highest BCUT2D eigenvalue weighted by Gasteiger charge is 2.16. The van der Waals surface area contributed by atoms with E-state index in [1.54, 1.807) is 24.3 Å². The molecule has 0 aromatic heterocycles. The van der Waals surface area contributed by atoms with E-state index in [-0.39, 0.29) is 5.75 Å². The number of nitrogens with one attached hydrogen (secondary N) is 1. The summed E-state index contributed by atoms with van der Waals surface area (Å²) in [4.78, 5) is 0.368. The van der Waals surface area contributed by atoms with E-state index < -0.39 is 9.84 Å². The summed E-state index contributed by atoms with van der Waals surface area (Å²) in [7, 11) is -3.21. The molecule has 0 bridgehead atoms. The molecular weight excluding hydrogens is 274 g/mol. The lowest BCUT2D eigenvalue weighted by Gasteiger charge is -2.12. The molecule has 0 saturated heterocycles. The number of hydrogen-bond donors (Lipinski definition) is 1. The third kappa shape index (κ3) is 5.35. The Labute approximate surface area is 121 Å². The number of ether oxygens (including phenoxy) is 1. The Balaban J connectivity index is 2.60. The van der Waals surface area contributed by atoms with E-state index in [1.807, 2.05) is 13.0 Å². The van der Waals surface area contributed by atoms with Crippen LogP contribution in [0.15, 0.2) is 41.8 Å². The second kappa shape index (κ2) is 8.76. The largest absolute Gasteiger partial charge is 0.382 e. The van der Waals surface area contributed by atoms with E-state index in [1.165, 1.54) is 0 Å². The summed E-state index contributed by atoms with van der Waals surface area (Å²) in [5, 5.41) is 3.12. The number of rotatable bonds is 10. The average molecular weight is 297 g/mol. The van der Waals surface area contributed by atoms with Crippen LogP contribution in [0.5, 0.6) is 0 Å². The summed E-state index contributed by atoms with van der Waals surface area (Å²) in [5.41, 5.74) is 0.647. The Morgan fingerprint density at radius 2 is 2.05 bits per heavy atom. The molecule has 1 N–H and O–H groups in total. The number of hydrogen-bond acceptors (Lipinski definition) is 4. The van der Waals surface area contributed by atoms with E-state index in [2.05, 4.69) is 11.9 Å². The summed E-state index contributed by atoms with van der Waals surface area (Å²) in [5.74, 6) is 0.168. The molecule has 0 radical (unpaired) electrons. The first-order chi connectivity index (χ1) is 9.61. The summed E-state index contributed by atoms with van der Waals surface area (Å²) < 4.78 is 29.7. The Morgan fingerprint density at radius 1 is 1.30 bits per heavy atom. The lowest BCUT2D eigenvalue weighted by molar-refractivity contribution is 0.149. The SMILES string of the molecule is C=CCCOCCNc1ccccc1S(=O)(=O)CCC. The zero-order valence-corrected chi connectivity index (χ0v) is 12.8. The highest BCUT2D eigenvalue weighted by atomic mass is 32.2. The number of sulfone groups is 1. The van der Waals surface area contributed by atoms with Gasteiger partial charge in [0.25, 0.3) is 0 Å². The average Bonchev–Trinajstić information content (AvgIpc) is 2.43. The molecule has 0 aliphatic rings. The molecule has 0 spiro atoms. The van der Waals surface area contributed by atoms with E-state index in [4.69, 9.17) is 4.74 Å². The Morgan fingerprint density at radius 3 is 2.75 bits per heavy atom. The van der Waals surface area contributed by atoms with Crippen LogP contribution in [-0.2, 0) is 14.6 Å². The van der Waals surface area contributed by atoms with Gasteiger partial charge in [0.15, 0.2) is 9.84 Å². The quantitative estimate of drug-likeness (QED) is 0.533. The summed E-state index contributed by atoms with van der Waals surface area (Å²) >= 11 is 0. The van der Waals surface area contributed by atoms with Crippen molar-refractivity contribution in [3.05, 3.63) is 36.9 Å². The lowest BCUT2D eigenvalue weighted by Crippen LogP contribution is -2.14. The number of benzene rings is 1. The van der Waals surface area contributed by atoms with E-state index in [0.717, 1.165) is 6.42 Å². The standard InChI is InChI=1S/C15H23NO3S/c1-3-5-11-19-12-10-16-14-8-6-7-9-15(14)20(17,18)13-4-2/h3,6-9,16H,1,4-5,10-13H2,2H3. The Hall–Kier alpha value is -1.33. The van der Waals surface area contributed by atoms with Crippen LogP contribution in [0, 0.1) is 0 Å². The summed E-state index contributed by atoms with van der Waals surface area (Å²) in [6.45, 7) is 7.24. The highest BCUT2D eigenvalue weighted by Crippen LogP contribution is 2.22. The molecule has 5 heteroatoms. The van der Waals surface area contributed by atoms with Gasteiger partial charge in [-0.15, -0.1) is 6.58 Å². The van der Waals surface area contributed by atoms with Crippen molar-refractivity contribution in [3.63, 3.8) is 0 Å². The van der Waals surface area contributed by atoms with Gasteiger partial charge in [-0.2, -0.15) is 0 Å². The van der Waals surface area contributed by atoms with Crippen LogP contribution in [0.1, 0.15) is 19.8 Å². The van der Waals surface area contributed by atoms with Crippen molar-refractivity contribution in [2.45, 2.75) is 24.7 Å². The molecular formula is C15H23NO3S. The lowest BCUT2D eigenvalue weighted by atomic mass is 10.3. The zero-order chi connectivity index (χ0) is 14.8. The third-order valence-corrected chi connectivity index (χ3v) is 4.69. The molecule has 1 aromatic carbocycles. The minimum Gasteiger partial charge on any atom is -0.382 e. The summed E-state index contributed by atoms with van der Waals surface area (Å²) in [6.07, 6.45) is 3.24. The molecule has 0 aliphatic carbocycles. The first kappa shape index (κ1) is 16.7. The van der Waals surface area contributed by atoms with Gasteiger partial charge in [0.1, 0.15) is 0 Å². The molecule has 0 fully saturated rings. The monoisotopic (exact) mass is 297 g/mol. The molecule has 112 valence electrons. The predicted octanol–water partition coefficient (Wildman–Crippen LogP) is 2.87. The number of para-hydroxylation sites is 1. The first-order valence-electron chi connectivity index (χ1n) is 6.86. The molecule has 20 heavy (non-hydrogen) atoms. The molecule has 1 aromatic rings. The van der Waals surface area contributed by atoms with Crippen LogP contribution in [0.25, 0.3) is 0 Å². The van der Waals surface area contributed by atoms with Crippen molar-refractivity contribution in [1.82, 2.24) is 0 Å². The van der Waals surface area contributed by atoms with E-state index in [9.17, 15) is 8.42 Å². The fourth-order valence-corrected chi connectivity index (χ4v) is 3.31. The highest BCUT2D eigenvalue weighted by molar-refractivity contribution is 7.91. The van der Waals surface area contributed by atoms with Crippen LogP contribution < -0.4 is 5.32 Å². The normalized spacial score (nSPS) is 11.2. The maximum absolute atomic E-state index is 12.1. The number of anilines is 1. The van der Waals surface area contributed by atoms with Crippen molar-refractivity contribution < 1.29 is 13.2 Å². The maximum atomic E-state index is 12.1. The smallest absolute Gasteiger partial charge is 0.180 e. The van der Waals surface area contributed by atoms with Gasteiger partial charge in [-0.3, -0.25) is 0 Å². The molecule has 0 saturated carbocycles. The fraction of sp³-hybridized carbons (Fsp3) is 0.467. The van der Waals surface area contributed by atoms with E-state index >= 15 is 0 Å². The molecule has 0 unspecified atom stereocenters. The fourth-order valence-electron chi connectivity index (χ4n) is 1.79. The minimum absolute atomic E-state index is 0.168. The molecule has 0 atom stereocenters. The van der Waals surface area contributed by atoms with Crippen LogP contribution in [-0.4, -0.2) is 33.9 Å². The molecule has 4 nitrogen and oxygen atoms in total. The topological polar surface area (TPSA) is 55.4 Å². The molecule has 0 amide bonds. The van der Waals surface area contributed by atoms with E-state index in [0.29, 0.717) is 36.8 Å². The van der Waals surface area contributed by atoms with Crippen molar-refractivity contribution in [1.29, 1.82) is 0 Å². The van der Waals surface area contributed by atoms with Crippen LogP contribution >= 0.6 is 0 Å². The van der Waals surface area contributed by atoms with Crippen LogP contribution in [0.2, 0.25) is 0 Å². The summed E-state index contributed by atoms with van der Waals surface area (Å²) in [6, 6.07) is 7.00. The van der Waals surface area contributed by atoms with Gasteiger partial charge in [-0.1, -0.05) is 25.1 Å². The van der Waals surface area contributed by atoms with Crippen molar-refractivity contribution in [2.24, 2.45) is 0 Å². The van der Waals surface area contributed by atoms with Crippen molar-refractivity contribution in [2.75, 3.05) is 30.8 Å². The van der Waals surface area contributed by atoms with Gasteiger partial charge in [0.05, 0.1) is 29.5 Å². The Kier molecular flexibility index (Phi) is 7.33. The van der Waals surface area contributed by atoms with Gasteiger partial charge in [-0.05, 0) is 25.0 Å². The molecule has 0 heterocycles. The zero-order valence-electron chi connectivity index (χ0n) is 12.0. The molecule has 1 rings (SSSR count). The molecule has 0 aliphatic heterocycles. The third-order valence-electron chi connectivity index (χ3n) is 2.72. The van der Waals surface area contributed by atoms with Gasteiger partial charge >= 0.3 is 0 Å². The maximum Gasteiger partial charge on any atom is 0.180 e. The van der Waals surface area contributed by atoms with Crippen LogP contribution in [0.4, 0.5) is 5.69 Å². The van der Waals surface area contributed by atoms with Gasteiger partial charge < -0.3 is 10.1 Å². The Bertz CT molecular complexity index is 512. The second-order valence-electron chi connectivity index (χ2n) is 4.43. The van der Waals surface area contributed by atoms with Crippen molar-refractivity contribution in [3.8, 4) is 0 Å². The van der Waals surface area contributed by atoms with Gasteiger partial charge in [0.2, 0.25) is 0 Å². The minimum atomic E-state index is -3.21. The van der Waals surface area contributed by atoms with Crippen LogP contribution in [0.3, 0.4) is 0 Å².